The molecular formula is C22H17FN2O. The van der Waals surface area contributed by atoms with Gasteiger partial charge in [0, 0.05) is 17.7 Å². The quantitative estimate of drug-likeness (QED) is 0.500. The summed E-state index contributed by atoms with van der Waals surface area (Å²) >= 11 is 0. The summed E-state index contributed by atoms with van der Waals surface area (Å²) in [4.78, 5) is 4.55. The molecule has 0 radical (unpaired) electrons. The molecule has 3 nitrogen and oxygen atoms in total. The number of oxazole rings is 1. The van der Waals surface area contributed by atoms with Crippen molar-refractivity contribution in [1.82, 2.24) is 4.98 Å². The summed E-state index contributed by atoms with van der Waals surface area (Å²) in [6.45, 7) is 0.561. The van der Waals surface area contributed by atoms with E-state index in [1.807, 2.05) is 60.7 Å². The number of nitrogens with zero attached hydrogens (tertiary/aromatic N) is 1. The molecule has 0 amide bonds. The molecule has 0 spiro atoms. The van der Waals surface area contributed by atoms with Gasteiger partial charge in [-0.1, -0.05) is 60.7 Å². The van der Waals surface area contributed by atoms with Crippen molar-refractivity contribution < 1.29 is 8.81 Å². The van der Waals surface area contributed by atoms with Crippen molar-refractivity contribution in [2.24, 2.45) is 0 Å². The van der Waals surface area contributed by atoms with Crippen molar-refractivity contribution in [3.8, 4) is 22.7 Å². The molecular weight excluding hydrogens is 327 g/mol. The molecule has 1 aromatic heterocycles. The first-order valence-corrected chi connectivity index (χ1v) is 8.40. The van der Waals surface area contributed by atoms with Crippen molar-refractivity contribution in [1.29, 1.82) is 0 Å². The Hall–Kier alpha value is -3.40. The molecule has 0 atom stereocenters. The van der Waals surface area contributed by atoms with Gasteiger partial charge in [-0.3, -0.25) is 0 Å². The van der Waals surface area contributed by atoms with Gasteiger partial charge >= 0.3 is 0 Å². The highest BCUT2D eigenvalue weighted by atomic mass is 19.1. The van der Waals surface area contributed by atoms with Crippen LogP contribution in [-0.2, 0) is 6.54 Å². The van der Waals surface area contributed by atoms with E-state index >= 15 is 0 Å². The zero-order valence-corrected chi connectivity index (χ0v) is 14.0. The minimum Gasteiger partial charge on any atom is -0.420 e. The monoisotopic (exact) mass is 344 g/mol. The Balaban J connectivity index is 1.73. The maximum absolute atomic E-state index is 14.3. The second-order valence-electron chi connectivity index (χ2n) is 5.88. The molecule has 1 N–H and O–H groups in total. The lowest BCUT2D eigenvalue weighted by Crippen LogP contribution is -1.99. The molecule has 0 aliphatic heterocycles. The van der Waals surface area contributed by atoms with Crippen molar-refractivity contribution in [3.05, 3.63) is 96.3 Å². The summed E-state index contributed by atoms with van der Waals surface area (Å²) in [6.07, 6.45) is 0. The van der Waals surface area contributed by atoms with Crippen LogP contribution in [0.1, 0.15) is 5.56 Å². The van der Waals surface area contributed by atoms with Crippen LogP contribution in [0.3, 0.4) is 0 Å². The SMILES string of the molecule is Fc1ccccc1-c1nc(-c2ccccc2)oc1NCc1ccccc1. The van der Waals surface area contributed by atoms with Gasteiger partial charge in [0.05, 0.1) is 0 Å². The fourth-order valence-electron chi connectivity index (χ4n) is 2.76. The topological polar surface area (TPSA) is 38.1 Å². The minimum absolute atomic E-state index is 0.330. The van der Waals surface area contributed by atoms with Gasteiger partial charge in [-0.2, -0.15) is 0 Å². The highest BCUT2D eigenvalue weighted by molar-refractivity contribution is 5.74. The summed E-state index contributed by atoms with van der Waals surface area (Å²) < 4.78 is 20.3. The van der Waals surface area contributed by atoms with E-state index in [0.717, 1.165) is 11.1 Å². The van der Waals surface area contributed by atoms with Crippen LogP contribution in [0.2, 0.25) is 0 Å². The molecule has 4 aromatic rings. The lowest BCUT2D eigenvalue weighted by Gasteiger charge is -2.06. The Morgan fingerprint density at radius 2 is 1.46 bits per heavy atom. The van der Waals surface area contributed by atoms with E-state index in [4.69, 9.17) is 4.42 Å². The number of rotatable bonds is 5. The zero-order valence-electron chi connectivity index (χ0n) is 14.0. The molecule has 0 unspecified atom stereocenters. The third-order valence-corrected chi connectivity index (χ3v) is 4.07. The first kappa shape index (κ1) is 16.1. The van der Waals surface area contributed by atoms with Gasteiger partial charge in [-0.25, -0.2) is 9.37 Å². The normalized spacial score (nSPS) is 10.7. The average Bonchev–Trinajstić information content (AvgIpc) is 3.12. The van der Waals surface area contributed by atoms with Crippen LogP contribution >= 0.6 is 0 Å². The first-order valence-electron chi connectivity index (χ1n) is 8.40. The van der Waals surface area contributed by atoms with Crippen LogP contribution in [0.5, 0.6) is 0 Å². The number of aromatic nitrogens is 1. The number of nitrogens with one attached hydrogen (secondary N) is 1. The van der Waals surface area contributed by atoms with E-state index in [9.17, 15) is 4.39 Å². The van der Waals surface area contributed by atoms with Gasteiger partial charge < -0.3 is 9.73 Å². The van der Waals surface area contributed by atoms with E-state index < -0.39 is 0 Å². The molecule has 128 valence electrons. The lowest BCUT2D eigenvalue weighted by atomic mass is 10.1. The molecule has 0 aliphatic rings. The van der Waals surface area contributed by atoms with Crippen molar-refractivity contribution in [2.45, 2.75) is 6.54 Å². The number of benzene rings is 3. The number of halogens is 1. The predicted molar refractivity (Wildman–Crippen MR) is 101 cm³/mol. The summed E-state index contributed by atoms with van der Waals surface area (Å²) in [5, 5.41) is 3.25. The van der Waals surface area contributed by atoms with Gasteiger partial charge in [0.1, 0.15) is 11.5 Å². The highest BCUT2D eigenvalue weighted by Crippen LogP contribution is 2.34. The maximum Gasteiger partial charge on any atom is 0.229 e. The van der Waals surface area contributed by atoms with E-state index in [-0.39, 0.29) is 5.82 Å². The second-order valence-corrected chi connectivity index (χ2v) is 5.88. The van der Waals surface area contributed by atoms with E-state index in [0.29, 0.717) is 29.6 Å². The van der Waals surface area contributed by atoms with Crippen LogP contribution < -0.4 is 5.32 Å². The van der Waals surface area contributed by atoms with Crippen LogP contribution in [0, 0.1) is 5.82 Å². The summed E-state index contributed by atoms with van der Waals surface area (Å²) in [5.74, 6) is 0.584. The predicted octanol–water partition coefficient (Wildman–Crippen LogP) is 5.76. The van der Waals surface area contributed by atoms with Gasteiger partial charge in [0.15, 0.2) is 0 Å². The first-order chi connectivity index (χ1) is 12.8. The molecule has 0 saturated heterocycles. The van der Waals surface area contributed by atoms with E-state index in [2.05, 4.69) is 10.3 Å². The van der Waals surface area contributed by atoms with Gasteiger partial charge in [0.2, 0.25) is 11.8 Å². The molecule has 0 fully saturated rings. The molecule has 4 rings (SSSR count). The molecule has 0 aliphatic carbocycles. The summed E-state index contributed by atoms with van der Waals surface area (Å²) in [6, 6.07) is 26.1. The average molecular weight is 344 g/mol. The number of hydrogen-bond acceptors (Lipinski definition) is 3. The van der Waals surface area contributed by atoms with Crippen LogP contribution in [-0.4, -0.2) is 4.98 Å². The molecule has 1 heterocycles. The third-order valence-electron chi connectivity index (χ3n) is 4.07. The fraction of sp³-hybridized carbons (Fsp3) is 0.0455. The Morgan fingerprint density at radius 3 is 2.19 bits per heavy atom. The Bertz CT molecular complexity index is 997. The number of anilines is 1. The fourth-order valence-corrected chi connectivity index (χ4v) is 2.76. The van der Waals surface area contributed by atoms with Crippen molar-refractivity contribution in [2.75, 3.05) is 5.32 Å². The van der Waals surface area contributed by atoms with Gasteiger partial charge in [0.25, 0.3) is 0 Å². The lowest BCUT2D eigenvalue weighted by molar-refractivity contribution is 0.585. The van der Waals surface area contributed by atoms with E-state index in [1.165, 1.54) is 6.07 Å². The van der Waals surface area contributed by atoms with Crippen molar-refractivity contribution in [3.63, 3.8) is 0 Å². The van der Waals surface area contributed by atoms with E-state index in [1.54, 1.807) is 18.2 Å². The largest absolute Gasteiger partial charge is 0.420 e. The smallest absolute Gasteiger partial charge is 0.229 e. The Kier molecular flexibility index (Phi) is 4.48. The second kappa shape index (κ2) is 7.23. The Morgan fingerprint density at radius 1 is 0.808 bits per heavy atom. The van der Waals surface area contributed by atoms with Gasteiger partial charge in [-0.15, -0.1) is 0 Å². The van der Waals surface area contributed by atoms with Gasteiger partial charge in [-0.05, 0) is 29.8 Å². The molecule has 0 bridgehead atoms. The zero-order chi connectivity index (χ0) is 17.8. The molecule has 3 aromatic carbocycles. The van der Waals surface area contributed by atoms with Crippen LogP contribution in [0.4, 0.5) is 10.3 Å². The molecule has 26 heavy (non-hydrogen) atoms. The highest BCUT2D eigenvalue weighted by Gasteiger charge is 2.18. The minimum atomic E-state index is -0.330. The maximum atomic E-state index is 14.3. The standard InChI is InChI=1S/C22H17FN2O/c23-19-14-8-7-13-18(19)20-22(24-15-16-9-3-1-4-10-16)26-21(25-20)17-11-5-2-6-12-17/h1-14,24H,15H2. The number of hydrogen-bond donors (Lipinski definition) is 1. The summed E-state index contributed by atoms with van der Waals surface area (Å²) in [7, 11) is 0. The van der Waals surface area contributed by atoms with Crippen LogP contribution in [0.25, 0.3) is 22.7 Å². The third kappa shape index (κ3) is 3.35. The molecule has 0 saturated carbocycles. The summed E-state index contributed by atoms with van der Waals surface area (Å²) in [5.41, 5.74) is 2.83. The van der Waals surface area contributed by atoms with Crippen LogP contribution in [0.15, 0.2) is 89.3 Å². The van der Waals surface area contributed by atoms with Crippen molar-refractivity contribution >= 4 is 5.88 Å². The Labute approximate surface area is 151 Å². The molecule has 4 heteroatoms.